The largest absolute Gasteiger partial charge is 0.503 e. The van der Waals surface area contributed by atoms with Gasteiger partial charge in [-0.05, 0) is 39.0 Å². The predicted molar refractivity (Wildman–Crippen MR) is 76.0 cm³/mol. The summed E-state index contributed by atoms with van der Waals surface area (Å²) in [6.45, 7) is 6.22. The second kappa shape index (κ2) is 5.94. The Hall–Kier alpha value is -0.450. The van der Waals surface area contributed by atoms with Gasteiger partial charge in [-0.2, -0.15) is 0 Å². The average molecular weight is 325 g/mol. The third-order valence-corrected chi connectivity index (χ3v) is 3.17. The van der Waals surface area contributed by atoms with Gasteiger partial charge in [0.25, 0.3) is 0 Å². The predicted octanol–water partition coefficient (Wildman–Crippen LogP) is 3.63. The molecule has 5 heteroatoms. The van der Waals surface area contributed by atoms with Crippen molar-refractivity contribution in [2.75, 3.05) is 7.11 Å². The van der Waals surface area contributed by atoms with Gasteiger partial charge in [-0.1, -0.05) is 20.8 Å². The van der Waals surface area contributed by atoms with E-state index in [0.29, 0.717) is 10.2 Å². The molecule has 0 spiro atoms. The lowest BCUT2D eigenvalue weighted by Gasteiger charge is -2.28. The molecule has 3 N–H and O–H groups in total. The van der Waals surface area contributed by atoms with Crippen LogP contribution in [0.5, 0.6) is 11.5 Å². The molecule has 1 aromatic rings. The molecule has 0 aliphatic heterocycles. The van der Waals surface area contributed by atoms with Crippen molar-refractivity contribution in [2.24, 2.45) is 11.1 Å². The van der Waals surface area contributed by atoms with Gasteiger partial charge in [-0.3, -0.25) is 0 Å². The molecule has 0 saturated carbocycles. The molecular formula is C12H19BrClNO2. The van der Waals surface area contributed by atoms with Crippen LogP contribution in [-0.2, 0) is 0 Å². The van der Waals surface area contributed by atoms with Crippen LogP contribution in [0.4, 0.5) is 0 Å². The molecule has 1 atom stereocenters. The molecule has 0 unspecified atom stereocenters. The van der Waals surface area contributed by atoms with Crippen LogP contribution in [0.25, 0.3) is 0 Å². The van der Waals surface area contributed by atoms with Gasteiger partial charge in [0, 0.05) is 6.04 Å². The lowest BCUT2D eigenvalue weighted by Crippen LogP contribution is -2.26. The molecule has 0 aliphatic rings. The van der Waals surface area contributed by atoms with Gasteiger partial charge in [-0.15, -0.1) is 12.4 Å². The van der Waals surface area contributed by atoms with Gasteiger partial charge in [0.2, 0.25) is 0 Å². The standard InChI is InChI=1S/C12H18BrNO2.ClH/c1-12(2,3)11(14)7-5-8(13)10(15)9(6-7)16-4;/h5-6,11,15H,14H2,1-4H3;1H/t11-;/m1./s1. The van der Waals surface area contributed by atoms with E-state index in [9.17, 15) is 5.11 Å². The van der Waals surface area contributed by atoms with Crippen LogP contribution in [0.15, 0.2) is 16.6 Å². The van der Waals surface area contributed by atoms with Crippen molar-refractivity contribution in [1.82, 2.24) is 0 Å². The Kier molecular flexibility index (Phi) is 5.78. The second-order valence-corrected chi connectivity index (χ2v) is 5.75. The molecule has 1 rings (SSSR count). The van der Waals surface area contributed by atoms with Gasteiger partial charge in [-0.25, -0.2) is 0 Å². The second-order valence-electron chi connectivity index (χ2n) is 4.90. The Morgan fingerprint density at radius 3 is 2.29 bits per heavy atom. The van der Waals surface area contributed by atoms with Crippen LogP contribution in [0.1, 0.15) is 32.4 Å². The minimum Gasteiger partial charge on any atom is -0.503 e. The van der Waals surface area contributed by atoms with Crippen molar-refractivity contribution >= 4 is 28.3 Å². The molecule has 0 saturated heterocycles. The fourth-order valence-corrected chi connectivity index (χ4v) is 1.89. The number of hydrogen-bond donors (Lipinski definition) is 2. The first kappa shape index (κ1) is 16.6. The maximum atomic E-state index is 9.69. The van der Waals surface area contributed by atoms with E-state index in [4.69, 9.17) is 10.5 Å². The molecule has 1 aromatic carbocycles. The number of rotatable bonds is 2. The van der Waals surface area contributed by atoms with E-state index >= 15 is 0 Å². The number of phenolic OH excluding ortho intramolecular Hbond substituents is 1. The number of methoxy groups -OCH3 is 1. The number of benzene rings is 1. The maximum Gasteiger partial charge on any atom is 0.172 e. The van der Waals surface area contributed by atoms with Crippen molar-refractivity contribution in [3.8, 4) is 11.5 Å². The van der Waals surface area contributed by atoms with Crippen LogP contribution >= 0.6 is 28.3 Å². The number of aromatic hydroxyl groups is 1. The number of ether oxygens (including phenoxy) is 1. The van der Waals surface area contributed by atoms with Gasteiger partial charge < -0.3 is 15.6 Å². The average Bonchev–Trinajstić information content (AvgIpc) is 2.19. The van der Waals surface area contributed by atoms with Gasteiger partial charge in [0.1, 0.15) is 0 Å². The zero-order valence-electron chi connectivity index (χ0n) is 10.5. The molecule has 0 heterocycles. The zero-order chi connectivity index (χ0) is 12.5. The van der Waals surface area contributed by atoms with E-state index in [1.807, 2.05) is 6.07 Å². The van der Waals surface area contributed by atoms with Crippen LogP contribution < -0.4 is 10.5 Å². The Labute approximate surface area is 117 Å². The summed E-state index contributed by atoms with van der Waals surface area (Å²) in [6.07, 6.45) is 0. The van der Waals surface area contributed by atoms with Crippen molar-refractivity contribution in [3.05, 3.63) is 22.2 Å². The number of phenols is 1. The van der Waals surface area contributed by atoms with Crippen molar-refractivity contribution in [2.45, 2.75) is 26.8 Å². The first-order valence-electron chi connectivity index (χ1n) is 5.09. The van der Waals surface area contributed by atoms with Crippen molar-refractivity contribution in [3.63, 3.8) is 0 Å². The minimum atomic E-state index is -0.113. The number of hydrogen-bond acceptors (Lipinski definition) is 3. The lowest BCUT2D eigenvalue weighted by atomic mass is 9.83. The fourth-order valence-electron chi connectivity index (χ4n) is 1.43. The molecule has 3 nitrogen and oxygen atoms in total. The van der Waals surface area contributed by atoms with E-state index < -0.39 is 0 Å². The normalized spacial score (nSPS) is 12.8. The molecule has 0 fully saturated rings. The molecule has 98 valence electrons. The summed E-state index contributed by atoms with van der Waals surface area (Å²) in [5, 5.41) is 9.69. The fraction of sp³-hybridized carbons (Fsp3) is 0.500. The van der Waals surface area contributed by atoms with Crippen LogP contribution in [-0.4, -0.2) is 12.2 Å². The van der Waals surface area contributed by atoms with Crippen LogP contribution in [0, 0.1) is 5.41 Å². The van der Waals surface area contributed by atoms with E-state index in [1.165, 1.54) is 7.11 Å². The molecule has 0 aromatic heterocycles. The monoisotopic (exact) mass is 323 g/mol. The van der Waals surface area contributed by atoms with Crippen LogP contribution in [0.2, 0.25) is 0 Å². The highest BCUT2D eigenvalue weighted by Gasteiger charge is 2.24. The first-order chi connectivity index (χ1) is 7.27. The smallest absolute Gasteiger partial charge is 0.172 e. The van der Waals surface area contributed by atoms with E-state index in [1.54, 1.807) is 6.07 Å². The van der Waals surface area contributed by atoms with Gasteiger partial charge in [0.15, 0.2) is 11.5 Å². The lowest BCUT2D eigenvalue weighted by molar-refractivity contribution is 0.323. The van der Waals surface area contributed by atoms with E-state index in [2.05, 4.69) is 36.7 Å². The van der Waals surface area contributed by atoms with Crippen molar-refractivity contribution < 1.29 is 9.84 Å². The third kappa shape index (κ3) is 3.76. The highest BCUT2D eigenvalue weighted by atomic mass is 79.9. The summed E-state index contributed by atoms with van der Waals surface area (Å²) < 4.78 is 5.69. The summed E-state index contributed by atoms with van der Waals surface area (Å²) in [5.74, 6) is 0.538. The minimum absolute atomic E-state index is 0. The van der Waals surface area contributed by atoms with Crippen molar-refractivity contribution in [1.29, 1.82) is 0 Å². The molecule has 17 heavy (non-hydrogen) atoms. The molecular weight excluding hydrogens is 305 g/mol. The zero-order valence-corrected chi connectivity index (χ0v) is 12.9. The summed E-state index contributed by atoms with van der Waals surface area (Å²) in [4.78, 5) is 0. The summed E-state index contributed by atoms with van der Waals surface area (Å²) in [5.41, 5.74) is 7.06. The Balaban J connectivity index is 0.00000256. The highest BCUT2D eigenvalue weighted by Crippen LogP contribution is 2.39. The quantitative estimate of drug-likeness (QED) is 0.873. The highest BCUT2D eigenvalue weighted by molar-refractivity contribution is 9.10. The van der Waals surface area contributed by atoms with Crippen LogP contribution in [0.3, 0.4) is 0 Å². The maximum absolute atomic E-state index is 9.69. The summed E-state index contributed by atoms with van der Waals surface area (Å²) >= 11 is 3.29. The Morgan fingerprint density at radius 1 is 1.35 bits per heavy atom. The topological polar surface area (TPSA) is 55.5 Å². The third-order valence-electron chi connectivity index (χ3n) is 2.56. The van der Waals surface area contributed by atoms with Gasteiger partial charge in [0.05, 0.1) is 11.6 Å². The van der Waals surface area contributed by atoms with Gasteiger partial charge >= 0.3 is 0 Å². The summed E-state index contributed by atoms with van der Waals surface area (Å²) in [7, 11) is 1.52. The number of nitrogens with two attached hydrogens (primary N) is 1. The van der Waals surface area contributed by atoms with E-state index in [-0.39, 0.29) is 29.6 Å². The Bertz CT molecular complexity index is 391. The SMILES string of the molecule is COc1cc([C@@H](N)C(C)(C)C)cc(Br)c1O.Cl. The van der Waals surface area contributed by atoms with E-state index in [0.717, 1.165) is 5.56 Å². The molecule has 0 amide bonds. The molecule has 0 aliphatic carbocycles. The Morgan fingerprint density at radius 2 is 1.88 bits per heavy atom. The molecule has 0 bridgehead atoms. The summed E-state index contributed by atoms with van der Waals surface area (Å²) in [6, 6.07) is 3.49. The first-order valence-corrected chi connectivity index (χ1v) is 5.88. The molecule has 0 radical (unpaired) electrons. The number of halogens is 2.